The fourth-order valence-corrected chi connectivity index (χ4v) is 11.1. The number of phenols is 3. The van der Waals surface area contributed by atoms with Gasteiger partial charge in [0.25, 0.3) is 0 Å². The maximum atomic E-state index is 14.6. The van der Waals surface area contributed by atoms with E-state index < -0.39 is 18.1 Å². The largest absolute Gasteiger partial charge is 0.508 e. The molecule has 4 unspecified atom stereocenters. The lowest BCUT2D eigenvalue weighted by Crippen LogP contribution is -2.36. The van der Waals surface area contributed by atoms with Crippen molar-refractivity contribution < 1.29 is 43.9 Å². The Labute approximate surface area is 421 Å². The van der Waals surface area contributed by atoms with Crippen LogP contribution in [0.5, 0.6) is 34.5 Å². The SMILES string of the molecule is CCC1CCC(OC(C)=O)CC(=O)CC(c2cc(O)c(Oc3cccc(O)c3)c(OC)c2)n2cc3cccc(c3c2)N(CCC(=O)C2CCCC2)C2=CC(=CCN2)C(c2cccc(O)c2)Cc2c[nH]cc2C1. The average Bonchev–Trinajstić information content (AvgIpc) is 4.17. The highest BCUT2D eigenvalue weighted by Crippen LogP contribution is 2.45. The van der Waals surface area contributed by atoms with Crippen molar-refractivity contribution in [3.05, 3.63) is 149 Å². The molecule has 1 saturated carbocycles. The zero-order valence-electron chi connectivity index (χ0n) is 41.4. The summed E-state index contributed by atoms with van der Waals surface area (Å²) in [5, 5.41) is 38.2. The summed E-state index contributed by atoms with van der Waals surface area (Å²) in [4.78, 5) is 46.8. The van der Waals surface area contributed by atoms with E-state index in [1.54, 1.807) is 30.3 Å². The Morgan fingerprint density at radius 1 is 0.819 bits per heavy atom. The van der Waals surface area contributed by atoms with Gasteiger partial charge in [0, 0.05) is 92.7 Å². The molecule has 4 atom stereocenters. The van der Waals surface area contributed by atoms with E-state index in [9.17, 15) is 29.7 Å². The molecule has 1 aliphatic carbocycles. The molecule has 376 valence electrons. The van der Waals surface area contributed by atoms with E-state index in [1.807, 2.05) is 41.2 Å². The Morgan fingerprint density at radius 3 is 2.33 bits per heavy atom. The van der Waals surface area contributed by atoms with E-state index in [4.69, 9.17) is 14.2 Å². The number of H-pyrrole nitrogens is 1. The van der Waals surface area contributed by atoms with Gasteiger partial charge in [-0.25, -0.2) is 0 Å². The van der Waals surface area contributed by atoms with Crippen molar-refractivity contribution >= 4 is 34.0 Å². The van der Waals surface area contributed by atoms with Gasteiger partial charge in [-0.15, -0.1) is 0 Å². The molecular formula is C59H66N4O9. The van der Waals surface area contributed by atoms with Gasteiger partial charge in [-0.1, -0.05) is 62.6 Å². The molecule has 1 fully saturated rings. The topological polar surface area (TPSA) is 176 Å². The number of allylic oxidation sites excluding steroid dienone is 2. The lowest BCUT2D eigenvalue weighted by atomic mass is 9.82. The summed E-state index contributed by atoms with van der Waals surface area (Å²) in [7, 11) is 1.47. The molecule has 0 amide bonds. The Kier molecular flexibility index (Phi) is 15.4. The first-order valence-corrected chi connectivity index (χ1v) is 25.5. The number of carbonyl (C=O) groups is 3. The molecule has 0 saturated heterocycles. The number of aromatic amines is 1. The summed E-state index contributed by atoms with van der Waals surface area (Å²) in [5.41, 5.74) is 5.89. The quantitative estimate of drug-likeness (QED) is 0.0781. The lowest BCUT2D eigenvalue weighted by Gasteiger charge is -2.32. The van der Waals surface area contributed by atoms with E-state index >= 15 is 0 Å². The number of aromatic hydroxyl groups is 3. The van der Waals surface area contributed by atoms with Crippen LogP contribution in [0.2, 0.25) is 0 Å². The molecule has 0 radical (unpaired) electrons. The first-order valence-electron chi connectivity index (χ1n) is 25.5. The van der Waals surface area contributed by atoms with Crippen molar-refractivity contribution in [3.8, 4) is 34.5 Å². The number of nitrogens with zero attached hydrogens (tertiary/aromatic N) is 2. The van der Waals surface area contributed by atoms with Crippen molar-refractivity contribution in [2.24, 2.45) is 11.8 Å². The van der Waals surface area contributed by atoms with Crippen LogP contribution in [-0.4, -0.2) is 68.7 Å². The number of methoxy groups -OCH3 is 1. The number of dihydropyridines is 1. The minimum absolute atomic E-state index is 0.000886. The van der Waals surface area contributed by atoms with Crippen LogP contribution in [-0.2, 0) is 32.0 Å². The van der Waals surface area contributed by atoms with Crippen LogP contribution < -0.4 is 19.7 Å². The van der Waals surface area contributed by atoms with Crippen molar-refractivity contribution in [2.45, 2.75) is 109 Å². The summed E-state index contributed by atoms with van der Waals surface area (Å²) in [6, 6.07) is 22.5. The van der Waals surface area contributed by atoms with E-state index in [0.717, 1.165) is 78.4 Å². The number of hydrogen-bond acceptors (Lipinski definition) is 11. The molecule has 0 spiro atoms. The van der Waals surface area contributed by atoms with Gasteiger partial charge in [0.15, 0.2) is 11.5 Å². The summed E-state index contributed by atoms with van der Waals surface area (Å²) >= 11 is 0. The van der Waals surface area contributed by atoms with Crippen LogP contribution in [0, 0.1) is 11.8 Å². The first-order chi connectivity index (χ1) is 34.9. The van der Waals surface area contributed by atoms with Crippen LogP contribution >= 0.6 is 0 Å². The number of carbonyl (C=O) groups excluding carboxylic acids is 3. The molecule has 4 heterocycles. The number of Topliss-reactive ketones (excluding diaryl/α,β-unsaturated/α-hetero) is 2. The Balaban J connectivity index is 1.19. The van der Waals surface area contributed by atoms with Crippen LogP contribution in [0.15, 0.2) is 127 Å². The number of benzene rings is 4. The van der Waals surface area contributed by atoms with Gasteiger partial charge >= 0.3 is 5.97 Å². The Morgan fingerprint density at radius 2 is 1.58 bits per heavy atom. The number of anilines is 1. The zero-order chi connectivity index (χ0) is 50.3. The van der Waals surface area contributed by atoms with E-state index in [2.05, 4.69) is 58.8 Å². The van der Waals surface area contributed by atoms with Crippen molar-refractivity contribution in [1.82, 2.24) is 14.9 Å². The molecule has 13 heteroatoms. The number of fused-ring (bicyclic) bond motifs is 3. The molecule has 3 aliphatic rings. The number of ketones is 2. The molecule has 72 heavy (non-hydrogen) atoms. The van der Waals surface area contributed by atoms with Gasteiger partial charge in [0.1, 0.15) is 40.7 Å². The zero-order valence-corrected chi connectivity index (χ0v) is 41.4. The van der Waals surface area contributed by atoms with Gasteiger partial charge in [-0.3, -0.25) is 14.4 Å². The molecule has 5 N–H and O–H groups in total. The van der Waals surface area contributed by atoms with Gasteiger partial charge in [-0.2, -0.15) is 0 Å². The number of phenolic OH excluding ortho intramolecular Hbond substituents is 3. The molecule has 9 rings (SSSR count). The fraction of sp³-hybridized carbons (Fsp3) is 0.373. The highest BCUT2D eigenvalue weighted by Gasteiger charge is 2.30. The van der Waals surface area contributed by atoms with Crippen LogP contribution in [0.1, 0.15) is 112 Å². The van der Waals surface area contributed by atoms with Gasteiger partial charge in [-0.05, 0) is 121 Å². The van der Waals surface area contributed by atoms with Gasteiger partial charge in [0.05, 0.1) is 18.8 Å². The smallest absolute Gasteiger partial charge is 0.302 e. The summed E-state index contributed by atoms with van der Waals surface area (Å²) in [6.45, 7) is 4.51. The van der Waals surface area contributed by atoms with Crippen molar-refractivity contribution in [1.29, 1.82) is 0 Å². The third kappa shape index (κ3) is 11.5. The maximum Gasteiger partial charge on any atom is 0.302 e. The summed E-state index contributed by atoms with van der Waals surface area (Å²) in [5.74, 6) is 1.23. The van der Waals surface area contributed by atoms with E-state index in [-0.39, 0.29) is 70.9 Å². The second kappa shape index (κ2) is 22.3. The normalized spacial score (nSPS) is 20.2. The second-order valence-corrected chi connectivity index (χ2v) is 19.7. The monoisotopic (exact) mass is 974 g/mol. The Hall–Kier alpha value is -7.41. The molecule has 4 bridgehead atoms. The van der Waals surface area contributed by atoms with Crippen molar-refractivity contribution in [3.63, 3.8) is 0 Å². The number of rotatable bonds is 11. The maximum absolute atomic E-state index is 14.6. The number of hydrogen-bond donors (Lipinski definition) is 5. The molecule has 2 aliphatic heterocycles. The standard InChI is InChI=1S/C59H66N4O9/c1-4-38-18-19-50(71-37(2)64)31-48(67)32-54(43-27-56(69)59(57(28-43)70-3)72-49-16-9-15-47(66)30-49)62-35-42-13-8-17-53(52(42)36-62)63(23-21-55(68)39-10-5-6-11-39)58-29-41(20-22-61-58)51(40-12-7-14-46(65)25-40)26-45-34-60-33-44(45)24-38/h7-9,12-17,20,25,27-30,33-36,38-39,50-51,54,60-61,65-66,69H,4-6,10-11,18-19,21-24,26,31-32H2,1-3H3. The van der Waals surface area contributed by atoms with Crippen LogP contribution in [0.4, 0.5) is 5.69 Å². The Bertz CT molecular complexity index is 2980. The number of aromatic nitrogens is 2. The molecule has 2 aromatic heterocycles. The molecule has 13 nitrogen and oxygen atoms in total. The predicted molar refractivity (Wildman–Crippen MR) is 278 cm³/mol. The second-order valence-electron chi connectivity index (χ2n) is 19.7. The van der Waals surface area contributed by atoms with E-state index in [1.165, 1.54) is 37.3 Å². The number of nitrogens with one attached hydrogen (secondary N) is 2. The van der Waals surface area contributed by atoms with Gasteiger partial charge in [0.2, 0.25) is 5.75 Å². The number of esters is 1. The third-order valence-corrected chi connectivity index (χ3v) is 14.9. The lowest BCUT2D eigenvalue weighted by molar-refractivity contribution is -0.148. The first kappa shape index (κ1) is 49.6. The molecule has 6 aromatic rings. The van der Waals surface area contributed by atoms with Crippen LogP contribution in [0.25, 0.3) is 10.8 Å². The minimum atomic E-state index is -0.670. The molecule has 4 aromatic carbocycles. The highest BCUT2D eigenvalue weighted by atomic mass is 16.5. The van der Waals surface area contributed by atoms with Crippen LogP contribution in [0.3, 0.4) is 0 Å². The predicted octanol–water partition coefficient (Wildman–Crippen LogP) is 11.5. The van der Waals surface area contributed by atoms with Gasteiger partial charge < -0.3 is 49.3 Å². The van der Waals surface area contributed by atoms with E-state index in [0.29, 0.717) is 43.7 Å². The van der Waals surface area contributed by atoms with Crippen molar-refractivity contribution in [2.75, 3.05) is 25.1 Å². The summed E-state index contributed by atoms with van der Waals surface area (Å²) < 4.78 is 19.8. The fourth-order valence-electron chi connectivity index (χ4n) is 11.1. The highest BCUT2D eigenvalue weighted by molar-refractivity contribution is 5.95. The average molecular weight is 975 g/mol. The summed E-state index contributed by atoms with van der Waals surface area (Å²) in [6.07, 6.45) is 19.8. The molecular weight excluding hydrogens is 909 g/mol. The minimum Gasteiger partial charge on any atom is -0.508 e. The number of ether oxygens (including phenoxy) is 3. The third-order valence-electron chi connectivity index (χ3n) is 14.9.